The summed E-state index contributed by atoms with van der Waals surface area (Å²) in [6.07, 6.45) is 0.455. The molecule has 1 aromatic carbocycles. The summed E-state index contributed by atoms with van der Waals surface area (Å²) in [5.74, 6) is -0.877. The third-order valence-corrected chi connectivity index (χ3v) is 3.82. The van der Waals surface area contributed by atoms with Crippen LogP contribution in [0.5, 0.6) is 0 Å². The summed E-state index contributed by atoms with van der Waals surface area (Å²) >= 11 is 0. The zero-order valence-corrected chi connectivity index (χ0v) is 12.7. The standard InChI is InChI=1S/C16H25NO3/c1-5-13(17-14(6-2)16(19)20)15(18)12-8-7-10(3)11(4)9-12/h7-9,13-15,17-18H,5-6H2,1-4H3,(H,19,20). The highest BCUT2D eigenvalue weighted by molar-refractivity contribution is 5.73. The largest absolute Gasteiger partial charge is 0.480 e. The van der Waals surface area contributed by atoms with Crippen LogP contribution in [-0.2, 0) is 4.79 Å². The first-order valence-electron chi connectivity index (χ1n) is 7.14. The highest BCUT2D eigenvalue weighted by Crippen LogP contribution is 2.22. The van der Waals surface area contributed by atoms with Crippen molar-refractivity contribution in [3.05, 3.63) is 34.9 Å². The van der Waals surface area contributed by atoms with Gasteiger partial charge in [0.25, 0.3) is 0 Å². The van der Waals surface area contributed by atoms with Crippen molar-refractivity contribution in [3.8, 4) is 0 Å². The lowest BCUT2D eigenvalue weighted by Gasteiger charge is -2.26. The van der Waals surface area contributed by atoms with Crippen LogP contribution in [0.25, 0.3) is 0 Å². The number of carboxylic acids is 1. The van der Waals surface area contributed by atoms with Gasteiger partial charge in [0.1, 0.15) is 6.04 Å². The monoisotopic (exact) mass is 279 g/mol. The summed E-state index contributed by atoms with van der Waals surface area (Å²) in [6, 6.07) is 4.96. The molecule has 0 aliphatic rings. The number of benzene rings is 1. The van der Waals surface area contributed by atoms with E-state index in [4.69, 9.17) is 5.11 Å². The number of aryl methyl sites for hydroxylation is 2. The molecule has 1 aromatic rings. The predicted molar refractivity (Wildman–Crippen MR) is 79.8 cm³/mol. The Kier molecular flexibility index (Phi) is 6.17. The highest BCUT2D eigenvalue weighted by Gasteiger charge is 2.25. The number of aliphatic hydroxyl groups is 1. The van der Waals surface area contributed by atoms with Crippen molar-refractivity contribution in [2.24, 2.45) is 0 Å². The van der Waals surface area contributed by atoms with Crippen molar-refractivity contribution in [2.75, 3.05) is 0 Å². The minimum absolute atomic E-state index is 0.266. The number of hydrogen-bond acceptors (Lipinski definition) is 3. The van der Waals surface area contributed by atoms with Gasteiger partial charge in [0.05, 0.1) is 6.10 Å². The Hall–Kier alpha value is -1.39. The lowest BCUT2D eigenvalue weighted by molar-refractivity contribution is -0.140. The molecule has 4 heteroatoms. The second-order valence-corrected chi connectivity index (χ2v) is 5.27. The average Bonchev–Trinajstić information content (AvgIpc) is 2.42. The molecule has 0 aliphatic carbocycles. The van der Waals surface area contributed by atoms with Crippen molar-refractivity contribution in [1.29, 1.82) is 0 Å². The minimum Gasteiger partial charge on any atom is -0.480 e. The third kappa shape index (κ3) is 4.05. The van der Waals surface area contributed by atoms with Crippen LogP contribution >= 0.6 is 0 Å². The van der Waals surface area contributed by atoms with Gasteiger partial charge in [-0.05, 0) is 43.4 Å². The first-order chi connectivity index (χ1) is 9.40. The number of carboxylic acid groups (broad SMARTS) is 1. The van der Waals surface area contributed by atoms with Gasteiger partial charge in [0, 0.05) is 6.04 Å². The number of rotatable bonds is 7. The fourth-order valence-corrected chi connectivity index (χ4v) is 2.24. The molecule has 0 fully saturated rings. The highest BCUT2D eigenvalue weighted by atomic mass is 16.4. The van der Waals surface area contributed by atoms with Gasteiger partial charge in [-0.25, -0.2) is 0 Å². The summed E-state index contributed by atoms with van der Waals surface area (Å²) < 4.78 is 0. The van der Waals surface area contributed by atoms with Crippen LogP contribution in [0.1, 0.15) is 49.5 Å². The summed E-state index contributed by atoms with van der Waals surface area (Å²) in [4.78, 5) is 11.1. The van der Waals surface area contributed by atoms with Gasteiger partial charge in [0.2, 0.25) is 0 Å². The maximum absolute atomic E-state index is 11.1. The van der Waals surface area contributed by atoms with E-state index in [-0.39, 0.29) is 6.04 Å². The fraction of sp³-hybridized carbons (Fsp3) is 0.562. The summed E-state index contributed by atoms with van der Waals surface area (Å²) in [5.41, 5.74) is 3.13. The number of aliphatic hydroxyl groups excluding tert-OH is 1. The van der Waals surface area contributed by atoms with E-state index in [1.807, 2.05) is 45.9 Å². The molecular weight excluding hydrogens is 254 g/mol. The number of nitrogens with one attached hydrogen (secondary N) is 1. The first kappa shape index (κ1) is 16.7. The Morgan fingerprint density at radius 1 is 1.20 bits per heavy atom. The van der Waals surface area contributed by atoms with Crippen LogP contribution in [0, 0.1) is 13.8 Å². The molecule has 3 N–H and O–H groups in total. The van der Waals surface area contributed by atoms with E-state index in [1.165, 1.54) is 5.56 Å². The normalized spacial score (nSPS) is 15.7. The van der Waals surface area contributed by atoms with E-state index in [0.29, 0.717) is 12.8 Å². The van der Waals surface area contributed by atoms with Crippen molar-refractivity contribution in [1.82, 2.24) is 5.32 Å². The lowest BCUT2D eigenvalue weighted by atomic mass is 9.96. The molecule has 0 amide bonds. The van der Waals surface area contributed by atoms with Crippen LogP contribution in [0.2, 0.25) is 0 Å². The molecule has 1 rings (SSSR count). The maximum atomic E-state index is 11.1. The minimum atomic E-state index is -0.877. The molecule has 0 saturated carbocycles. The maximum Gasteiger partial charge on any atom is 0.320 e. The fourth-order valence-electron chi connectivity index (χ4n) is 2.24. The van der Waals surface area contributed by atoms with Crippen molar-refractivity contribution in [3.63, 3.8) is 0 Å². The second-order valence-electron chi connectivity index (χ2n) is 5.27. The van der Waals surface area contributed by atoms with E-state index >= 15 is 0 Å². The molecular formula is C16H25NO3. The molecule has 3 atom stereocenters. The molecule has 0 spiro atoms. The Morgan fingerprint density at radius 2 is 1.85 bits per heavy atom. The molecule has 112 valence electrons. The van der Waals surface area contributed by atoms with Crippen molar-refractivity contribution < 1.29 is 15.0 Å². The Morgan fingerprint density at radius 3 is 2.30 bits per heavy atom. The van der Waals surface area contributed by atoms with Gasteiger partial charge in [-0.2, -0.15) is 0 Å². The van der Waals surface area contributed by atoms with Gasteiger partial charge in [-0.15, -0.1) is 0 Å². The molecule has 0 radical (unpaired) electrons. The number of carbonyl (C=O) groups is 1. The zero-order chi connectivity index (χ0) is 15.3. The molecule has 0 aliphatic heterocycles. The zero-order valence-electron chi connectivity index (χ0n) is 12.7. The van der Waals surface area contributed by atoms with Gasteiger partial charge >= 0.3 is 5.97 Å². The Balaban J connectivity index is 2.87. The molecule has 0 heterocycles. The van der Waals surface area contributed by atoms with E-state index in [2.05, 4.69) is 5.32 Å². The molecule has 20 heavy (non-hydrogen) atoms. The van der Waals surface area contributed by atoms with Crippen molar-refractivity contribution >= 4 is 5.97 Å². The smallest absolute Gasteiger partial charge is 0.320 e. The van der Waals surface area contributed by atoms with Crippen LogP contribution in [-0.4, -0.2) is 28.3 Å². The van der Waals surface area contributed by atoms with E-state index in [9.17, 15) is 9.90 Å². The second kappa shape index (κ2) is 7.41. The first-order valence-corrected chi connectivity index (χ1v) is 7.14. The molecule has 0 bridgehead atoms. The number of aliphatic carboxylic acids is 1. The topological polar surface area (TPSA) is 69.6 Å². The quantitative estimate of drug-likeness (QED) is 0.717. The summed E-state index contributed by atoms with van der Waals surface area (Å²) in [5, 5.41) is 22.6. The van der Waals surface area contributed by atoms with Gasteiger partial charge in [-0.3, -0.25) is 10.1 Å². The van der Waals surface area contributed by atoms with Crippen LogP contribution in [0.15, 0.2) is 18.2 Å². The van der Waals surface area contributed by atoms with Gasteiger partial charge in [-0.1, -0.05) is 32.0 Å². The van der Waals surface area contributed by atoms with E-state index in [0.717, 1.165) is 11.1 Å². The molecule has 3 unspecified atom stereocenters. The lowest BCUT2D eigenvalue weighted by Crippen LogP contribution is -2.45. The predicted octanol–water partition coefficient (Wildman–Crippen LogP) is 2.57. The summed E-state index contributed by atoms with van der Waals surface area (Å²) in [6.45, 7) is 7.79. The Bertz CT molecular complexity index is 459. The summed E-state index contributed by atoms with van der Waals surface area (Å²) in [7, 11) is 0. The molecule has 4 nitrogen and oxygen atoms in total. The third-order valence-electron chi connectivity index (χ3n) is 3.82. The molecule has 0 saturated heterocycles. The number of hydrogen-bond donors (Lipinski definition) is 3. The van der Waals surface area contributed by atoms with Gasteiger partial charge in [0.15, 0.2) is 0 Å². The van der Waals surface area contributed by atoms with Gasteiger partial charge < -0.3 is 10.2 Å². The molecule has 0 aromatic heterocycles. The van der Waals surface area contributed by atoms with E-state index < -0.39 is 18.1 Å². The van der Waals surface area contributed by atoms with Crippen LogP contribution in [0.4, 0.5) is 0 Å². The van der Waals surface area contributed by atoms with E-state index in [1.54, 1.807) is 0 Å². The SMILES string of the molecule is CCC(NC(CC)C(O)c1ccc(C)c(C)c1)C(=O)O. The van der Waals surface area contributed by atoms with Crippen molar-refractivity contribution in [2.45, 2.75) is 58.7 Å². The average molecular weight is 279 g/mol. The Labute approximate surface area is 120 Å². The van der Waals surface area contributed by atoms with Crippen LogP contribution in [0.3, 0.4) is 0 Å². The van der Waals surface area contributed by atoms with Crippen LogP contribution < -0.4 is 5.32 Å².